The highest BCUT2D eigenvalue weighted by molar-refractivity contribution is 7.99. The van der Waals surface area contributed by atoms with Gasteiger partial charge in [0.1, 0.15) is 0 Å². The van der Waals surface area contributed by atoms with Crippen LogP contribution in [0.15, 0.2) is 131 Å². The van der Waals surface area contributed by atoms with Gasteiger partial charge < -0.3 is 28.9 Å². The van der Waals surface area contributed by atoms with Gasteiger partial charge >= 0.3 is 7.52 Å². The standard InChI is InChI=1S/C56H66ClN6O7PS2/c1-40(2)62-41(3)56(73(4,68)69)54(55(62)44-13-16-47(57)17-14-44)46-9-8-10-50(36-46)60-31-29-59(30-32-60)48-18-20-49(21-19-48)61-33-34-70-71(61,67)51-22-15-45(53(37-51)63(65)66)35-43(39-72-52-11-6-5-7-12-52)25-28-58-26-23-42(38-64)24-27-58/h5-22,36-37,40,42-43,64H,23-35,38-39H2,1-4H3/t43-,71-/m0/s1. The lowest BCUT2D eigenvalue weighted by Crippen LogP contribution is -2.46. The predicted molar refractivity (Wildman–Crippen MR) is 298 cm³/mol. The number of piperazine rings is 1. The van der Waals surface area contributed by atoms with E-state index in [1.54, 1.807) is 28.6 Å². The Labute approximate surface area is 439 Å². The molecule has 0 radical (unpaired) electrons. The number of nitrogens with zero attached hydrogens (tertiary/aromatic N) is 6. The van der Waals surface area contributed by atoms with E-state index in [4.69, 9.17) is 16.1 Å². The molecule has 1 N–H and O–H groups in total. The van der Waals surface area contributed by atoms with Crippen LogP contribution in [0.25, 0.3) is 22.4 Å². The van der Waals surface area contributed by atoms with Crippen LogP contribution >= 0.6 is 30.9 Å². The minimum absolute atomic E-state index is 0.00212. The lowest BCUT2D eigenvalue weighted by atomic mass is 9.94. The van der Waals surface area contributed by atoms with Crippen LogP contribution in [0, 0.1) is 28.9 Å². The third-order valence-electron chi connectivity index (χ3n) is 14.7. The van der Waals surface area contributed by atoms with E-state index in [9.17, 15) is 28.2 Å². The number of anilines is 3. The number of hydrogen-bond acceptors (Lipinski definition) is 11. The number of piperidine rings is 1. The largest absolute Gasteiger partial charge is 0.396 e. The van der Waals surface area contributed by atoms with Crippen molar-refractivity contribution in [3.8, 4) is 22.4 Å². The number of sulfone groups is 1. The summed E-state index contributed by atoms with van der Waals surface area (Å²) in [7, 11) is -7.30. The fraction of sp³-hybridized carbons (Fsp3) is 0.393. The van der Waals surface area contributed by atoms with Crippen molar-refractivity contribution in [3.05, 3.63) is 148 Å². The molecule has 3 fully saturated rings. The quantitative estimate of drug-likeness (QED) is 0.0379. The second-order valence-electron chi connectivity index (χ2n) is 19.9. The SMILES string of the molecule is Cc1c(S(C)(=O)=O)c(-c2cccc(N3CCN(c4ccc(N5CCO[P@@]5(=O)c5ccc(C[C@H](CCN6CCC(CO)CC6)CSc6ccccc6)c([N+](=O)[O-])c5)cc4)CC3)c2)c(-c2ccc(Cl)cc2)n1C(C)C. The van der Waals surface area contributed by atoms with Crippen LogP contribution in [0.2, 0.25) is 5.02 Å². The van der Waals surface area contributed by atoms with Gasteiger partial charge in [0.15, 0.2) is 9.84 Å². The number of halogens is 1. The van der Waals surface area contributed by atoms with Crippen LogP contribution in [0.4, 0.5) is 22.7 Å². The highest BCUT2D eigenvalue weighted by Crippen LogP contribution is 2.56. The Hall–Kier alpha value is -5.12. The number of aliphatic hydroxyl groups excluding tert-OH is 1. The molecule has 4 heterocycles. The van der Waals surface area contributed by atoms with Crippen LogP contribution in [0.5, 0.6) is 0 Å². The van der Waals surface area contributed by atoms with Gasteiger partial charge in [0.2, 0.25) is 0 Å². The first-order valence-corrected chi connectivity index (χ1v) is 30.2. The number of benzene rings is 5. The number of thioether (sulfide) groups is 1. The van der Waals surface area contributed by atoms with Crippen LogP contribution in [0.1, 0.15) is 50.4 Å². The average molecular weight is 1070 g/mol. The van der Waals surface area contributed by atoms with Crippen molar-refractivity contribution in [2.75, 3.05) is 92.1 Å². The van der Waals surface area contributed by atoms with Crippen molar-refractivity contribution < 1.29 is 27.5 Å². The Bertz CT molecular complexity index is 3050. The number of rotatable bonds is 18. The van der Waals surface area contributed by atoms with E-state index >= 15 is 0 Å². The number of hydrogen-bond donors (Lipinski definition) is 1. The maximum Gasteiger partial charge on any atom is 0.326 e. The van der Waals surface area contributed by atoms with Crippen molar-refractivity contribution >= 4 is 68.8 Å². The number of nitro benzene ring substituents is 1. The first-order valence-electron chi connectivity index (χ1n) is 25.3. The summed E-state index contributed by atoms with van der Waals surface area (Å²) < 4.78 is 52.0. The van der Waals surface area contributed by atoms with Crippen molar-refractivity contribution in [3.63, 3.8) is 0 Å². The topological polar surface area (TPSA) is 142 Å². The Balaban J connectivity index is 0.888. The minimum Gasteiger partial charge on any atom is -0.396 e. The van der Waals surface area contributed by atoms with Gasteiger partial charge in [-0.1, -0.05) is 60.1 Å². The third-order valence-corrected chi connectivity index (χ3v) is 20.0. The van der Waals surface area contributed by atoms with Crippen molar-refractivity contribution in [2.45, 2.75) is 62.3 Å². The Morgan fingerprint density at radius 2 is 1.49 bits per heavy atom. The van der Waals surface area contributed by atoms with Crippen molar-refractivity contribution in [2.24, 2.45) is 11.8 Å². The highest BCUT2D eigenvalue weighted by atomic mass is 35.5. The zero-order valence-corrected chi connectivity index (χ0v) is 45.4. The van der Waals surface area contributed by atoms with Gasteiger partial charge in [0.25, 0.3) is 5.69 Å². The molecule has 0 saturated carbocycles. The molecular weight excluding hydrogens is 999 g/mol. The average Bonchev–Trinajstić information content (AvgIpc) is 3.96. The molecule has 5 aromatic carbocycles. The fourth-order valence-corrected chi connectivity index (χ4v) is 15.6. The van der Waals surface area contributed by atoms with Gasteiger partial charge in [-0.15, -0.1) is 11.8 Å². The van der Waals surface area contributed by atoms with E-state index < -0.39 is 17.4 Å². The lowest BCUT2D eigenvalue weighted by Gasteiger charge is -2.37. The molecule has 386 valence electrons. The minimum atomic E-state index is -3.69. The predicted octanol–water partition coefficient (Wildman–Crippen LogP) is 11.4. The molecule has 2 atom stereocenters. The summed E-state index contributed by atoms with van der Waals surface area (Å²) in [5, 5.41) is 23.3. The molecule has 3 aliphatic rings. The second-order valence-corrected chi connectivity index (χ2v) is 25.7. The molecule has 9 rings (SSSR count). The first kappa shape index (κ1) is 52.7. The maximum absolute atomic E-state index is 14.9. The molecule has 6 aromatic rings. The van der Waals surface area contributed by atoms with Crippen LogP contribution < -0.4 is 19.8 Å². The first-order chi connectivity index (χ1) is 35.1. The summed E-state index contributed by atoms with van der Waals surface area (Å²) >= 11 is 8.08. The maximum atomic E-state index is 14.9. The van der Waals surface area contributed by atoms with E-state index in [1.807, 2.05) is 85.8 Å². The molecule has 0 amide bonds. The number of aromatic nitrogens is 1. The van der Waals surface area contributed by atoms with E-state index in [-0.39, 0.29) is 35.8 Å². The molecule has 13 nitrogen and oxygen atoms in total. The smallest absolute Gasteiger partial charge is 0.326 e. The van der Waals surface area contributed by atoms with Gasteiger partial charge in [-0.25, -0.2) is 8.42 Å². The van der Waals surface area contributed by atoms with Crippen LogP contribution in [-0.2, 0) is 25.3 Å². The zero-order valence-electron chi connectivity index (χ0n) is 42.1. The molecule has 0 spiro atoms. The van der Waals surface area contributed by atoms with Gasteiger partial charge in [-0.2, -0.15) is 0 Å². The molecule has 17 heteroatoms. The summed E-state index contributed by atoms with van der Waals surface area (Å²) in [5.41, 5.74) is 7.31. The van der Waals surface area contributed by atoms with Crippen molar-refractivity contribution in [1.29, 1.82) is 0 Å². The van der Waals surface area contributed by atoms with E-state index in [0.29, 0.717) is 50.9 Å². The summed E-state index contributed by atoms with van der Waals surface area (Å²) in [6, 6.07) is 39.0. The number of aliphatic hydroxyl groups is 1. The molecule has 0 aliphatic carbocycles. The third kappa shape index (κ3) is 11.7. The van der Waals surface area contributed by atoms with Crippen molar-refractivity contribution in [1.82, 2.24) is 9.47 Å². The Morgan fingerprint density at radius 1 is 0.822 bits per heavy atom. The van der Waals surface area contributed by atoms with Crippen LogP contribution in [0.3, 0.4) is 0 Å². The number of nitro groups is 1. The van der Waals surface area contributed by atoms with Gasteiger partial charge in [0, 0.05) is 101 Å². The normalized spacial score (nSPS) is 18.5. The zero-order chi connectivity index (χ0) is 51.4. The summed E-state index contributed by atoms with van der Waals surface area (Å²) in [5.74, 6) is 1.33. The number of likely N-dealkylation sites (tertiary alicyclic amines) is 1. The van der Waals surface area contributed by atoms with E-state index in [2.05, 4.69) is 57.4 Å². The van der Waals surface area contributed by atoms with Gasteiger partial charge in [-0.05, 0) is 156 Å². The summed E-state index contributed by atoms with van der Waals surface area (Å²) in [4.78, 5) is 21.0. The van der Waals surface area contributed by atoms with Crippen LogP contribution in [-0.4, -0.2) is 105 Å². The van der Waals surface area contributed by atoms with Gasteiger partial charge in [-0.3, -0.25) is 19.3 Å². The Kier molecular flexibility index (Phi) is 16.5. The summed E-state index contributed by atoms with van der Waals surface area (Å²) in [6.45, 7) is 12.6. The molecule has 0 bridgehead atoms. The molecular formula is C56H66ClN6O7PS2. The Morgan fingerprint density at radius 3 is 2.14 bits per heavy atom. The fourth-order valence-electron chi connectivity index (χ4n) is 10.9. The van der Waals surface area contributed by atoms with E-state index in [1.165, 1.54) is 12.3 Å². The summed E-state index contributed by atoms with van der Waals surface area (Å²) in [6.07, 6.45) is 4.65. The van der Waals surface area contributed by atoms with Gasteiger partial charge in [0.05, 0.1) is 34.0 Å². The molecule has 0 unspecified atom stereocenters. The monoisotopic (exact) mass is 1060 g/mol. The lowest BCUT2D eigenvalue weighted by molar-refractivity contribution is -0.385. The van der Waals surface area contributed by atoms with E-state index in [0.717, 1.165) is 110 Å². The molecule has 3 aliphatic heterocycles. The molecule has 3 saturated heterocycles. The molecule has 73 heavy (non-hydrogen) atoms. The second kappa shape index (κ2) is 22.8. The highest BCUT2D eigenvalue weighted by Gasteiger charge is 2.41. The molecule has 1 aromatic heterocycles.